The van der Waals surface area contributed by atoms with Crippen LogP contribution in [-0.2, 0) is 8.85 Å². The Morgan fingerprint density at radius 1 is 1.67 bits per heavy atom. The Morgan fingerprint density at radius 3 is 2.78 bits per heavy atom. The standard InChI is InChI=1S/C5H13NO2Si/c1-7-9(2)5-6-3-4-8-9/h6H,3-5H2,1-2H3. The van der Waals surface area contributed by atoms with E-state index in [2.05, 4.69) is 11.9 Å². The molecule has 3 nitrogen and oxygen atoms in total. The lowest BCUT2D eigenvalue weighted by Crippen LogP contribution is -2.53. The van der Waals surface area contributed by atoms with Crippen molar-refractivity contribution in [2.75, 3.05) is 26.4 Å². The Hall–Kier alpha value is 0.0969. The molecular weight excluding hydrogens is 134 g/mol. The first kappa shape index (κ1) is 7.21. The minimum absolute atomic E-state index is 0.802. The average Bonchev–Trinajstić information content (AvgIpc) is 1.90. The van der Waals surface area contributed by atoms with Gasteiger partial charge in [0.1, 0.15) is 0 Å². The van der Waals surface area contributed by atoms with Gasteiger partial charge in [-0.25, -0.2) is 0 Å². The van der Waals surface area contributed by atoms with E-state index >= 15 is 0 Å². The molecule has 1 N–H and O–H groups in total. The first-order chi connectivity index (χ1) is 4.27. The first-order valence-electron chi connectivity index (χ1n) is 3.17. The monoisotopic (exact) mass is 147 g/mol. The highest BCUT2D eigenvalue weighted by molar-refractivity contribution is 6.66. The van der Waals surface area contributed by atoms with Crippen LogP contribution in [0, 0.1) is 0 Å². The second kappa shape index (κ2) is 2.79. The van der Waals surface area contributed by atoms with Crippen LogP contribution in [0.15, 0.2) is 0 Å². The van der Waals surface area contributed by atoms with Crippen molar-refractivity contribution < 1.29 is 8.85 Å². The van der Waals surface area contributed by atoms with Crippen LogP contribution in [0.2, 0.25) is 6.55 Å². The smallest absolute Gasteiger partial charge is 0.348 e. The van der Waals surface area contributed by atoms with Crippen LogP contribution in [0.4, 0.5) is 0 Å². The fourth-order valence-electron chi connectivity index (χ4n) is 0.837. The van der Waals surface area contributed by atoms with Gasteiger partial charge in [-0.1, -0.05) is 0 Å². The van der Waals surface area contributed by atoms with Gasteiger partial charge in [-0.2, -0.15) is 0 Å². The van der Waals surface area contributed by atoms with Gasteiger partial charge in [0.25, 0.3) is 0 Å². The lowest BCUT2D eigenvalue weighted by molar-refractivity contribution is 0.184. The second-order valence-electron chi connectivity index (χ2n) is 2.36. The molecule has 0 aliphatic carbocycles. The van der Waals surface area contributed by atoms with E-state index in [0.717, 1.165) is 19.3 Å². The molecule has 0 radical (unpaired) electrons. The summed E-state index contributed by atoms with van der Waals surface area (Å²) >= 11 is 0. The van der Waals surface area contributed by atoms with Crippen LogP contribution in [0.1, 0.15) is 0 Å². The van der Waals surface area contributed by atoms with Crippen LogP contribution in [0.5, 0.6) is 0 Å². The van der Waals surface area contributed by atoms with Gasteiger partial charge in [0.2, 0.25) is 0 Å². The highest BCUT2D eigenvalue weighted by Crippen LogP contribution is 2.06. The Bertz CT molecular complexity index is 93.0. The van der Waals surface area contributed by atoms with Gasteiger partial charge in [-0.15, -0.1) is 0 Å². The molecule has 0 aromatic rings. The van der Waals surface area contributed by atoms with E-state index in [0.29, 0.717) is 0 Å². The SMILES string of the molecule is CO[Si]1(C)CNCCO1. The molecule has 1 atom stereocenters. The summed E-state index contributed by atoms with van der Waals surface area (Å²) in [5.74, 6) is 0. The molecule has 1 saturated heterocycles. The predicted octanol–water partition coefficient (Wildman–Crippen LogP) is -0.136. The molecule has 0 spiro atoms. The Morgan fingerprint density at radius 2 is 2.44 bits per heavy atom. The zero-order chi connectivity index (χ0) is 6.74. The third-order valence-electron chi connectivity index (χ3n) is 1.56. The summed E-state index contributed by atoms with van der Waals surface area (Å²) in [6, 6.07) is 0. The summed E-state index contributed by atoms with van der Waals surface area (Å²) in [6.07, 6.45) is 0.920. The van der Waals surface area contributed by atoms with E-state index in [4.69, 9.17) is 8.85 Å². The quantitative estimate of drug-likeness (QED) is 0.524. The molecule has 0 aromatic carbocycles. The number of hydrogen-bond acceptors (Lipinski definition) is 3. The van der Waals surface area contributed by atoms with Crippen LogP contribution in [-0.4, -0.2) is 35.0 Å². The molecule has 1 fully saturated rings. The number of hydrogen-bond donors (Lipinski definition) is 1. The van der Waals surface area contributed by atoms with Gasteiger partial charge in [-0.05, 0) is 6.55 Å². The number of rotatable bonds is 1. The van der Waals surface area contributed by atoms with Crippen LogP contribution < -0.4 is 5.32 Å². The van der Waals surface area contributed by atoms with Crippen LogP contribution >= 0.6 is 0 Å². The van der Waals surface area contributed by atoms with E-state index < -0.39 is 8.56 Å². The molecule has 1 aliphatic heterocycles. The van der Waals surface area contributed by atoms with E-state index in [9.17, 15) is 0 Å². The predicted molar refractivity (Wildman–Crippen MR) is 37.4 cm³/mol. The van der Waals surface area contributed by atoms with Gasteiger partial charge < -0.3 is 14.2 Å². The summed E-state index contributed by atoms with van der Waals surface area (Å²) in [5.41, 5.74) is 0. The molecule has 4 heteroatoms. The maximum absolute atomic E-state index is 5.47. The normalized spacial score (nSPS) is 36.7. The fourth-order valence-corrected chi connectivity index (χ4v) is 2.37. The molecular formula is C5H13NO2Si. The summed E-state index contributed by atoms with van der Waals surface area (Å²) in [7, 11) is -0.000193. The van der Waals surface area contributed by atoms with Crippen molar-refractivity contribution in [3.8, 4) is 0 Å². The van der Waals surface area contributed by atoms with Gasteiger partial charge in [0.15, 0.2) is 0 Å². The fraction of sp³-hybridized carbons (Fsp3) is 1.00. The molecule has 0 bridgehead atoms. The molecule has 0 saturated carbocycles. The zero-order valence-corrected chi connectivity index (χ0v) is 6.94. The van der Waals surface area contributed by atoms with Crippen LogP contribution in [0.3, 0.4) is 0 Å². The highest BCUT2D eigenvalue weighted by Gasteiger charge is 2.31. The van der Waals surface area contributed by atoms with Gasteiger partial charge >= 0.3 is 8.56 Å². The lowest BCUT2D eigenvalue weighted by atomic mass is 10.7. The summed E-state index contributed by atoms with van der Waals surface area (Å²) in [6.45, 7) is 3.83. The van der Waals surface area contributed by atoms with E-state index in [1.165, 1.54) is 0 Å². The van der Waals surface area contributed by atoms with Gasteiger partial charge in [0.05, 0.1) is 0 Å². The maximum Gasteiger partial charge on any atom is 0.348 e. The third-order valence-corrected chi connectivity index (χ3v) is 4.13. The van der Waals surface area contributed by atoms with Crippen molar-refractivity contribution in [1.29, 1.82) is 0 Å². The Labute approximate surface area is 56.6 Å². The van der Waals surface area contributed by atoms with Gasteiger partial charge in [-0.3, -0.25) is 0 Å². The van der Waals surface area contributed by atoms with Crippen molar-refractivity contribution in [3.63, 3.8) is 0 Å². The molecule has 0 aromatic heterocycles. The molecule has 1 aliphatic rings. The summed E-state index contributed by atoms with van der Waals surface area (Å²) in [5, 5.41) is 3.24. The topological polar surface area (TPSA) is 30.5 Å². The highest BCUT2D eigenvalue weighted by atomic mass is 28.4. The molecule has 1 rings (SSSR count). The van der Waals surface area contributed by atoms with Crippen molar-refractivity contribution in [2.24, 2.45) is 0 Å². The maximum atomic E-state index is 5.47. The van der Waals surface area contributed by atoms with E-state index in [-0.39, 0.29) is 0 Å². The molecule has 1 unspecified atom stereocenters. The van der Waals surface area contributed by atoms with Gasteiger partial charge in [0, 0.05) is 26.4 Å². The molecule has 9 heavy (non-hydrogen) atoms. The zero-order valence-electron chi connectivity index (χ0n) is 5.94. The lowest BCUT2D eigenvalue weighted by Gasteiger charge is -2.29. The number of nitrogens with one attached hydrogen (secondary N) is 1. The van der Waals surface area contributed by atoms with Crippen molar-refractivity contribution in [3.05, 3.63) is 0 Å². The van der Waals surface area contributed by atoms with E-state index in [1.54, 1.807) is 7.11 Å². The molecule has 1 heterocycles. The Balaban J connectivity index is 2.37. The molecule has 54 valence electrons. The van der Waals surface area contributed by atoms with E-state index in [1.807, 2.05) is 0 Å². The largest absolute Gasteiger partial charge is 0.397 e. The first-order valence-corrected chi connectivity index (χ1v) is 5.69. The van der Waals surface area contributed by atoms with Crippen molar-refractivity contribution in [1.82, 2.24) is 5.32 Å². The third kappa shape index (κ3) is 1.75. The van der Waals surface area contributed by atoms with Crippen molar-refractivity contribution in [2.45, 2.75) is 6.55 Å². The summed E-state index contributed by atoms with van der Waals surface area (Å²) in [4.78, 5) is 0. The minimum atomic E-state index is -1.72. The van der Waals surface area contributed by atoms with Crippen molar-refractivity contribution >= 4 is 8.56 Å². The minimum Gasteiger partial charge on any atom is -0.397 e. The summed E-state index contributed by atoms with van der Waals surface area (Å²) < 4.78 is 10.7. The average molecular weight is 147 g/mol. The second-order valence-corrected chi connectivity index (χ2v) is 5.68. The van der Waals surface area contributed by atoms with Crippen LogP contribution in [0.25, 0.3) is 0 Å². The Kier molecular flexibility index (Phi) is 2.23. The molecule has 0 amide bonds.